The van der Waals surface area contributed by atoms with E-state index >= 15 is 0 Å². The van der Waals surface area contributed by atoms with Gasteiger partial charge in [-0.2, -0.15) is 5.10 Å². The molecule has 2 amide bonds. The number of nitrogens with one attached hydrogen (secondary N) is 4. The highest BCUT2D eigenvalue weighted by molar-refractivity contribution is 6.03. The second kappa shape index (κ2) is 6.89. The summed E-state index contributed by atoms with van der Waals surface area (Å²) in [5.74, 6) is -0.989. The molecule has 136 valence electrons. The molecule has 0 spiro atoms. The van der Waals surface area contributed by atoms with Crippen molar-refractivity contribution in [1.82, 2.24) is 25.5 Å². The van der Waals surface area contributed by atoms with Crippen molar-refractivity contribution in [2.75, 3.05) is 11.9 Å². The molecule has 1 atom stereocenters. The molecule has 2 aromatic heterocycles. The number of H-pyrrole nitrogens is 2. The van der Waals surface area contributed by atoms with E-state index < -0.39 is 24.5 Å². The molecule has 0 saturated heterocycles. The highest BCUT2D eigenvalue weighted by Crippen LogP contribution is 2.17. The summed E-state index contributed by atoms with van der Waals surface area (Å²) in [6.07, 6.45) is 3.21. The first-order chi connectivity index (χ1) is 13.1. The van der Waals surface area contributed by atoms with E-state index in [9.17, 15) is 14.7 Å². The fourth-order valence-electron chi connectivity index (χ4n) is 2.76. The van der Waals surface area contributed by atoms with Crippen LogP contribution >= 0.6 is 0 Å². The molecule has 2 aromatic carbocycles. The minimum Gasteiger partial charge on any atom is -0.394 e. The minimum absolute atomic E-state index is 0.358. The van der Waals surface area contributed by atoms with Crippen LogP contribution in [-0.4, -0.2) is 49.7 Å². The van der Waals surface area contributed by atoms with Crippen LogP contribution in [0.1, 0.15) is 10.4 Å². The van der Waals surface area contributed by atoms with E-state index in [0.717, 1.165) is 16.4 Å². The average molecular weight is 364 g/mol. The number of aliphatic hydroxyl groups is 1. The number of carbonyl (C=O) groups is 2. The van der Waals surface area contributed by atoms with Gasteiger partial charge in [-0.1, -0.05) is 0 Å². The largest absolute Gasteiger partial charge is 0.394 e. The van der Waals surface area contributed by atoms with E-state index in [-0.39, 0.29) is 0 Å². The molecule has 4 aromatic rings. The summed E-state index contributed by atoms with van der Waals surface area (Å²) in [6, 6.07) is 9.11. The lowest BCUT2D eigenvalue weighted by molar-refractivity contribution is -0.118. The van der Waals surface area contributed by atoms with Crippen molar-refractivity contribution >= 4 is 39.4 Å². The number of hydrogen-bond acceptors (Lipinski definition) is 5. The summed E-state index contributed by atoms with van der Waals surface area (Å²) in [4.78, 5) is 31.9. The number of aromatic amines is 2. The van der Waals surface area contributed by atoms with Gasteiger partial charge in [0.25, 0.3) is 5.91 Å². The quantitative estimate of drug-likeness (QED) is 0.362. The number of benzene rings is 2. The molecule has 0 aliphatic rings. The summed E-state index contributed by atoms with van der Waals surface area (Å²) in [6.45, 7) is -0.532. The van der Waals surface area contributed by atoms with Crippen LogP contribution < -0.4 is 10.6 Å². The van der Waals surface area contributed by atoms with Gasteiger partial charge in [0.05, 0.1) is 35.7 Å². The van der Waals surface area contributed by atoms with E-state index in [1.165, 1.54) is 6.33 Å². The number of fused-ring (bicyclic) bond motifs is 2. The zero-order chi connectivity index (χ0) is 18.8. The third-order valence-electron chi connectivity index (χ3n) is 4.20. The van der Waals surface area contributed by atoms with Crippen molar-refractivity contribution in [3.8, 4) is 0 Å². The van der Waals surface area contributed by atoms with Gasteiger partial charge in [0, 0.05) is 16.6 Å². The molecule has 5 N–H and O–H groups in total. The van der Waals surface area contributed by atoms with Crippen molar-refractivity contribution in [3.63, 3.8) is 0 Å². The van der Waals surface area contributed by atoms with Gasteiger partial charge < -0.3 is 20.7 Å². The van der Waals surface area contributed by atoms with Crippen LogP contribution in [0, 0.1) is 0 Å². The summed E-state index contributed by atoms with van der Waals surface area (Å²) in [5, 5.41) is 22.4. The van der Waals surface area contributed by atoms with E-state index in [2.05, 4.69) is 30.8 Å². The molecule has 0 radical (unpaired) electrons. The Labute approximate surface area is 152 Å². The maximum absolute atomic E-state index is 12.4. The molecule has 4 rings (SSSR count). The molecule has 9 nitrogen and oxygen atoms in total. The zero-order valence-electron chi connectivity index (χ0n) is 14.1. The Balaban J connectivity index is 1.46. The zero-order valence-corrected chi connectivity index (χ0v) is 14.1. The van der Waals surface area contributed by atoms with Gasteiger partial charge in [-0.25, -0.2) is 4.98 Å². The lowest BCUT2D eigenvalue weighted by Gasteiger charge is -2.16. The van der Waals surface area contributed by atoms with Crippen molar-refractivity contribution in [2.45, 2.75) is 6.04 Å². The fourth-order valence-corrected chi connectivity index (χ4v) is 2.76. The highest BCUT2D eigenvalue weighted by Gasteiger charge is 2.21. The molecule has 0 aliphatic heterocycles. The van der Waals surface area contributed by atoms with Crippen LogP contribution in [-0.2, 0) is 4.79 Å². The van der Waals surface area contributed by atoms with Crippen molar-refractivity contribution in [3.05, 3.63) is 54.5 Å². The second-order valence-electron chi connectivity index (χ2n) is 6.00. The smallest absolute Gasteiger partial charge is 0.252 e. The Kier molecular flexibility index (Phi) is 4.27. The van der Waals surface area contributed by atoms with Gasteiger partial charge in [0.15, 0.2) is 0 Å². The van der Waals surface area contributed by atoms with Crippen molar-refractivity contribution in [1.29, 1.82) is 0 Å². The average Bonchev–Trinajstić information content (AvgIpc) is 3.33. The molecule has 27 heavy (non-hydrogen) atoms. The fraction of sp³-hybridized carbons (Fsp3) is 0.111. The second-order valence-corrected chi connectivity index (χ2v) is 6.00. The van der Waals surface area contributed by atoms with Crippen LogP contribution in [0.2, 0.25) is 0 Å². The van der Waals surface area contributed by atoms with Crippen molar-refractivity contribution < 1.29 is 14.7 Å². The Hall–Kier alpha value is -3.72. The Bertz CT molecular complexity index is 1130. The third-order valence-corrected chi connectivity index (χ3v) is 4.20. The SMILES string of the molecule is O=C(NC(CO)C(=O)Nc1ccc2cn[nH]c2c1)c1ccc2nc[nH]c2c1. The Morgan fingerprint density at radius 3 is 2.89 bits per heavy atom. The highest BCUT2D eigenvalue weighted by atomic mass is 16.3. The molecule has 0 bridgehead atoms. The number of carbonyl (C=O) groups excluding carboxylic acids is 2. The number of hydrogen-bond donors (Lipinski definition) is 5. The number of aliphatic hydroxyl groups excluding tert-OH is 1. The van der Waals surface area contributed by atoms with Crippen LogP contribution in [0.5, 0.6) is 0 Å². The van der Waals surface area contributed by atoms with E-state index in [0.29, 0.717) is 16.8 Å². The van der Waals surface area contributed by atoms with Gasteiger partial charge in [-0.3, -0.25) is 14.7 Å². The first kappa shape index (κ1) is 16.7. The number of imidazole rings is 1. The predicted octanol–water partition coefficient (Wildman–Crippen LogP) is 1.17. The lowest BCUT2D eigenvalue weighted by atomic mass is 10.1. The van der Waals surface area contributed by atoms with E-state index in [1.54, 1.807) is 42.6 Å². The Morgan fingerprint density at radius 2 is 2.04 bits per heavy atom. The summed E-state index contributed by atoms with van der Waals surface area (Å²) < 4.78 is 0. The monoisotopic (exact) mass is 364 g/mol. The molecular weight excluding hydrogens is 348 g/mol. The molecule has 0 saturated carbocycles. The molecule has 0 aliphatic carbocycles. The van der Waals surface area contributed by atoms with Crippen molar-refractivity contribution in [2.24, 2.45) is 0 Å². The third kappa shape index (κ3) is 3.35. The van der Waals surface area contributed by atoms with Crippen LogP contribution in [0.25, 0.3) is 21.9 Å². The van der Waals surface area contributed by atoms with Crippen LogP contribution in [0.3, 0.4) is 0 Å². The maximum atomic E-state index is 12.4. The van der Waals surface area contributed by atoms with Gasteiger partial charge in [0.2, 0.25) is 5.91 Å². The molecule has 2 heterocycles. The summed E-state index contributed by atoms with van der Waals surface area (Å²) in [5.41, 5.74) is 3.10. The van der Waals surface area contributed by atoms with Gasteiger partial charge in [-0.05, 0) is 36.4 Å². The van der Waals surface area contributed by atoms with Gasteiger partial charge >= 0.3 is 0 Å². The maximum Gasteiger partial charge on any atom is 0.252 e. The van der Waals surface area contributed by atoms with Crippen LogP contribution in [0.15, 0.2) is 48.9 Å². The first-order valence-electron chi connectivity index (χ1n) is 8.23. The number of rotatable bonds is 5. The normalized spacial score (nSPS) is 12.2. The standard InChI is InChI=1S/C18H16N6O3/c25-8-16(18(27)22-12-3-1-11-7-21-24-14(11)6-12)23-17(26)10-2-4-13-15(5-10)20-9-19-13/h1-7,9,16,25H,8H2,(H,19,20)(H,21,24)(H,22,27)(H,23,26). The lowest BCUT2D eigenvalue weighted by Crippen LogP contribution is -2.46. The molecule has 1 unspecified atom stereocenters. The number of aromatic nitrogens is 4. The Morgan fingerprint density at radius 1 is 1.15 bits per heavy atom. The van der Waals surface area contributed by atoms with Gasteiger partial charge in [-0.15, -0.1) is 0 Å². The first-order valence-corrected chi connectivity index (χ1v) is 8.23. The number of nitrogens with zero attached hydrogens (tertiary/aromatic N) is 2. The predicted molar refractivity (Wildman–Crippen MR) is 99.2 cm³/mol. The molecular formula is C18H16N6O3. The van der Waals surface area contributed by atoms with E-state index in [4.69, 9.17) is 0 Å². The minimum atomic E-state index is -1.09. The number of amides is 2. The molecule has 0 fully saturated rings. The summed E-state index contributed by atoms with van der Waals surface area (Å²) >= 11 is 0. The topological polar surface area (TPSA) is 136 Å². The van der Waals surface area contributed by atoms with Gasteiger partial charge in [0.1, 0.15) is 6.04 Å². The van der Waals surface area contributed by atoms with Crippen LogP contribution in [0.4, 0.5) is 5.69 Å². The van der Waals surface area contributed by atoms with E-state index in [1.807, 2.05) is 0 Å². The molecule has 9 heteroatoms. The summed E-state index contributed by atoms with van der Waals surface area (Å²) in [7, 11) is 0. The number of anilines is 1.